The first kappa shape index (κ1) is 27.3. The average molecular weight is 576 g/mol. The van der Waals surface area contributed by atoms with Gasteiger partial charge in [-0.25, -0.2) is 0 Å². The molecule has 2 amide bonds. The fourth-order valence-corrected chi connectivity index (χ4v) is 4.27. The van der Waals surface area contributed by atoms with Crippen LogP contribution in [0.2, 0.25) is 10.0 Å². The van der Waals surface area contributed by atoms with E-state index < -0.39 is 6.04 Å². The third-order valence-corrected chi connectivity index (χ3v) is 6.83. The SMILES string of the molecule is CC(C)CNC(=O)C(Cc1ccccc1)N(Cc1ccc(Br)cc1)C(=O)Cc1ccc(Cl)c(Cl)c1. The van der Waals surface area contributed by atoms with Gasteiger partial charge in [-0.15, -0.1) is 0 Å². The predicted molar refractivity (Wildman–Crippen MR) is 147 cm³/mol. The summed E-state index contributed by atoms with van der Waals surface area (Å²) in [5.41, 5.74) is 2.66. The third kappa shape index (κ3) is 8.38. The van der Waals surface area contributed by atoms with Gasteiger partial charge < -0.3 is 10.2 Å². The van der Waals surface area contributed by atoms with Crippen molar-refractivity contribution in [3.05, 3.63) is 104 Å². The van der Waals surface area contributed by atoms with E-state index >= 15 is 0 Å². The van der Waals surface area contributed by atoms with Crippen LogP contribution in [0.5, 0.6) is 0 Å². The summed E-state index contributed by atoms with van der Waals surface area (Å²) in [5.74, 6) is -0.0303. The molecule has 0 radical (unpaired) electrons. The molecule has 0 bridgehead atoms. The molecule has 0 spiro atoms. The summed E-state index contributed by atoms with van der Waals surface area (Å²) in [7, 11) is 0. The van der Waals surface area contributed by atoms with E-state index in [-0.39, 0.29) is 18.2 Å². The normalized spacial score (nSPS) is 11.8. The number of carbonyl (C=O) groups is 2. The third-order valence-electron chi connectivity index (χ3n) is 5.56. The Morgan fingerprint density at radius 1 is 0.886 bits per heavy atom. The Kier molecular flexibility index (Phi) is 10.2. The van der Waals surface area contributed by atoms with Gasteiger partial charge in [0.1, 0.15) is 6.04 Å². The minimum atomic E-state index is -0.671. The van der Waals surface area contributed by atoms with Crippen LogP contribution < -0.4 is 5.32 Å². The van der Waals surface area contributed by atoms with Crippen LogP contribution in [0.3, 0.4) is 0 Å². The second-order valence-electron chi connectivity index (χ2n) is 8.92. The highest BCUT2D eigenvalue weighted by Gasteiger charge is 2.30. The van der Waals surface area contributed by atoms with Crippen molar-refractivity contribution in [3.8, 4) is 0 Å². The zero-order valence-electron chi connectivity index (χ0n) is 19.8. The first-order valence-corrected chi connectivity index (χ1v) is 13.1. The molecule has 1 unspecified atom stereocenters. The molecule has 7 heteroatoms. The van der Waals surface area contributed by atoms with E-state index in [0.29, 0.717) is 35.5 Å². The Morgan fingerprint density at radius 3 is 2.17 bits per heavy atom. The Hall–Kier alpha value is -2.34. The molecule has 0 fully saturated rings. The molecule has 0 aliphatic rings. The van der Waals surface area contributed by atoms with Gasteiger partial charge in [-0.3, -0.25) is 9.59 Å². The van der Waals surface area contributed by atoms with Crippen molar-refractivity contribution in [3.63, 3.8) is 0 Å². The lowest BCUT2D eigenvalue weighted by Gasteiger charge is -2.32. The van der Waals surface area contributed by atoms with Crippen molar-refractivity contribution in [2.75, 3.05) is 6.54 Å². The molecule has 0 aliphatic carbocycles. The highest BCUT2D eigenvalue weighted by atomic mass is 79.9. The summed E-state index contributed by atoms with van der Waals surface area (Å²) < 4.78 is 0.949. The van der Waals surface area contributed by atoms with Crippen LogP contribution >= 0.6 is 39.1 Å². The zero-order valence-corrected chi connectivity index (χ0v) is 22.9. The number of benzene rings is 3. The average Bonchev–Trinajstić information content (AvgIpc) is 2.84. The summed E-state index contributed by atoms with van der Waals surface area (Å²) in [5, 5.41) is 3.86. The molecular formula is C28H29BrCl2N2O2. The van der Waals surface area contributed by atoms with Gasteiger partial charge in [-0.2, -0.15) is 0 Å². The van der Waals surface area contributed by atoms with E-state index in [1.807, 2.05) is 68.4 Å². The van der Waals surface area contributed by atoms with Crippen molar-refractivity contribution < 1.29 is 9.59 Å². The quantitative estimate of drug-likeness (QED) is 0.292. The molecule has 1 N–H and O–H groups in total. The molecule has 0 heterocycles. The van der Waals surface area contributed by atoms with E-state index in [1.165, 1.54) is 0 Å². The molecule has 184 valence electrons. The maximum Gasteiger partial charge on any atom is 0.243 e. The first-order chi connectivity index (χ1) is 16.7. The van der Waals surface area contributed by atoms with Crippen LogP contribution in [0.25, 0.3) is 0 Å². The molecule has 0 saturated heterocycles. The number of hydrogen-bond donors (Lipinski definition) is 1. The van der Waals surface area contributed by atoms with Gasteiger partial charge in [0.2, 0.25) is 11.8 Å². The topological polar surface area (TPSA) is 49.4 Å². The van der Waals surface area contributed by atoms with Gasteiger partial charge in [0.15, 0.2) is 0 Å². The van der Waals surface area contributed by atoms with Crippen molar-refractivity contribution in [1.82, 2.24) is 10.2 Å². The number of nitrogens with zero attached hydrogens (tertiary/aromatic N) is 1. The first-order valence-electron chi connectivity index (χ1n) is 11.5. The van der Waals surface area contributed by atoms with Crippen molar-refractivity contribution in [1.29, 1.82) is 0 Å². The van der Waals surface area contributed by atoms with Crippen molar-refractivity contribution >= 4 is 50.9 Å². The predicted octanol–water partition coefficient (Wildman–Crippen LogP) is 6.71. The smallest absolute Gasteiger partial charge is 0.243 e. The number of amides is 2. The second-order valence-corrected chi connectivity index (χ2v) is 10.6. The lowest BCUT2D eigenvalue weighted by atomic mass is 10.0. The van der Waals surface area contributed by atoms with Crippen LogP contribution in [0.15, 0.2) is 77.3 Å². The van der Waals surface area contributed by atoms with Crippen LogP contribution in [0.1, 0.15) is 30.5 Å². The summed E-state index contributed by atoms with van der Waals surface area (Å²) in [6.45, 7) is 4.93. The van der Waals surface area contributed by atoms with Gasteiger partial charge in [-0.1, -0.05) is 102 Å². The molecule has 1 atom stereocenters. The molecule has 0 aliphatic heterocycles. The van der Waals surface area contributed by atoms with Crippen LogP contribution in [0.4, 0.5) is 0 Å². The lowest BCUT2D eigenvalue weighted by molar-refractivity contribution is -0.140. The molecule has 4 nitrogen and oxygen atoms in total. The summed E-state index contributed by atoms with van der Waals surface area (Å²) in [6, 6.07) is 22.0. The minimum Gasteiger partial charge on any atom is -0.354 e. The fourth-order valence-electron chi connectivity index (χ4n) is 3.69. The highest BCUT2D eigenvalue weighted by molar-refractivity contribution is 9.10. The highest BCUT2D eigenvalue weighted by Crippen LogP contribution is 2.24. The number of rotatable bonds is 10. The number of hydrogen-bond acceptors (Lipinski definition) is 2. The molecule has 0 saturated carbocycles. The largest absolute Gasteiger partial charge is 0.354 e. The van der Waals surface area contributed by atoms with Crippen molar-refractivity contribution in [2.45, 2.75) is 39.3 Å². The molecule has 0 aromatic heterocycles. The molecular weight excluding hydrogens is 547 g/mol. The van der Waals surface area contributed by atoms with E-state index in [9.17, 15) is 9.59 Å². The Labute approximate surface area is 225 Å². The van der Waals surface area contributed by atoms with E-state index in [0.717, 1.165) is 21.2 Å². The minimum absolute atomic E-state index is 0.107. The standard InChI is InChI=1S/C28H29BrCl2N2O2/c1-19(2)17-32-28(35)26(15-20-6-4-3-5-7-20)33(18-21-8-11-23(29)12-9-21)27(34)16-22-10-13-24(30)25(31)14-22/h3-14,19,26H,15-18H2,1-2H3,(H,32,35). The monoisotopic (exact) mass is 574 g/mol. The van der Waals surface area contributed by atoms with Gasteiger partial charge in [0.25, 0.3) is 0 Å². The number of halogens is 3. The zero-order chi connectivity index (χ0) is 25.4. The Morgan fingerprint density at radius 2 is 1.54 bits per heavy atom. The van der Waals surface area contributed by atoms with Crippen molar-refractivity contribution in [2.24, 2.45) is 5.92 Å². The summed E-state index contributed by atoms with van der Waals surface area (Å²) in [6.07, 6.45) is 0.518. The second kappa shape index (κ2) is 13.1. The summed E-state index contributed by atoms with van der Waals surface area (Å²) in [4.78, 5) is 28.8. The van der Waals surface area contributed by atoms with Crippen LogP contribution in [-0.4, -0.2) is 29.3 Å². The van der Waals surface area contributed by atoms with E-state index in [1.54, 1.807) is 23.1 Å². The molecule has 3 aromatic carbocycles. The fraction of sp³-hybridized carbons (Fsp3) is 0.286. The lowest BCUT2D eigenvalue weighted by Crippen LogP contribution is -2.51. The maximum atomic E-state index is 13.7. The van der Waals surface area contributed by atoms with E-state index in [2.05, 4.69) is 21.2 Å². The van der Waals surface area contributed by atoms with E-state index in [4.69, 9.17) is 23.2 Å². The molecule has 3 aromatic rings. The molecule has 35 heavy (non-hydrogen) atoms. The van der Waals surface area contributed by atoms with Gasteiger partial charge >= 0.3 is 0 Å². The Balaban J connectivity index is 1.95. The molecule has 3 rings (SSSR count). The maximum absolute atomic E-state index is 13.7. The Bertz CT molecular complexity index is 1140. The van der Waals surface area contributed by atoms with Crippen LogP contribution in [0, 0.1) is 5.92 Å². The number of nitrogens with one attached hydrogen (secondary N) is 1. The number of carbonyl (C=O) groups excluding carboxylic acids is 2. The van der Waals surface area contributed by atoms with Gasteiger partial charge in [-0.05, 0) is 46.9 Å². The van der Waals surface area contributed by atoms with Gasteiger partial charge in [0, 0.05) is 24.0 Å². The van der Waals surface area contributed by atoms with Gasteiger partial charge in [0.05, 0.1) is 16.5 Å². The summed E-state index contributed by atoms with van der Waals surface area (Å²) >= 11 is 15.7. The van der Waals surface area contributed by atoms with Crippen LogP contribution in [-0.2, 0) is 29.0 Å².